The molecule has 0 atom stereocenters. The Hall–Kier alpha value is -3.94. The van der Waals surface area contributed by atoms with Gasteiger partial charge in [-0.2, -0.15) is 0 Å². The van der Waals surface area contributed by atoms with Crippen LogP contribution in [0.2, 0.25) is 0 Å². The third-order valence-electron chi connectivity index (χ3n) is 6.02. The SMILES string of the molecule is Cc1nc(Nc2ccccn2)cc(N2CCN(C(=O)Cc3cn(C)c4ccccc34)CC2)n1. The Morgan fingerprint density at radius 2 is 1.79 bits per heavy atom. The van der Waals surface area contributed by atoms with Gasteiger partial charge in [-0.15, -0.1) is 0 Å². The number of carbonyl (C=O) groups is 1. The van der Waals surface area contributed by atoms with Crippen LogP contribution in [0.5, 0.6) is 0 Å². The molecule has 1 amide bonds. The molecule has 8 nitrogen and oxygen atoms in total. The second kappa shape index (κ2) is 8.90. The number of piperazine rings is 1. The summed E-state index contributed by atoms with van der Waals surface area (Å²) >= 11 is 0. The van der Waals surface area contributed by atoms with Crippen molar-refractivity contribution >= 4 is 34.3 Å². The van der Waals surface area contributed by atoms with Gasteiger partial charge >= 0.3 is 0 Å². The summed E-state index contributed by atoms with van der Waals surface area (Å²) in [6.45, 7) is 4.71. The number of hydrogen-bond acceptors (Lipinski definition) is 6. The molecule has 3 aromatic heterocycles. The average molecular weight is 442 g/mol. The topological polar surface area (TPSA) is 79.2 Å². The predicted octanol–water partition coefficient (Wildman–Crippen LogP) is 3.31. The maximum absolute atomic E-state index is 13.0. The smallest absolute Gasteiger partial charge is 0.227 e. The fraction of sp³-hybridized carbons (Fsp3) is 0.280. The normalized spacial score (nSPS) is 14.0. The molecule has 0 radical (unpaired) electrons. The highest BCUT2D eigenvalue weighted by Gasteiger charge is 2.23. The number of benzene rings is 1. The molecular formula is C25H27N7O. The van der Waals surface area contributed by atoms with E-state index >= 15 is 0 Å². The van der Waals surface area contributed by atoms with Crippen molar-refractivity contribution in [2.45, 2.75) is 13.3 Å². The molecule has 0 bridgehead atoms. The van der Waals surface area contributed by atoms with Crippen LogP contribution in [-0.4, -0.2) is 56.5 Å². The Morgan fingerprint density at radius 1 is 1.00 bits per heavy atom. The molecule has 1 aliphatic rings. The summed E-state index contributed by atoms with van der Waals surface area (Å²) in [4.78, 5) is 30.6. The first-order valence-electron chi connectivity index (χ1n) is 11.2. The molecule has 4 aromatic rings. The van der Waals surface area contributed by atoms with Crippen molar-refractivity contribution in [2.24, 2.45) is 7.05 Å². The van der Waals surface area contributed by atoms with E-state index < -0.39 is 0 Å². The highest BCUT2D eigenvalue weighted by atomic mass is 16.2. The number of carbonyl (C=O) groups excluding carboxylic acids is 1. The van der Waals surface area contributed by atoms with Crippen LogP contribution >= 0.6 is 0 Å². The lowest BCUT2D eigenvalue weighted by Crippen LogP contribution is -2.49. The Morgan fingerprint density at radius 3 is 2.58 bits per heavy atom. The van der Waals surface area contributed by atoms with Gasteiger partial charge in [0.2, 0.25) is 5.91 Å². The number of nitrogens with one attached hydrogen (secondary N) is 1. The largest absolute Gasteiger partial charge is 0.353 e. The fourth-order valence-electron chi connectivity index (χ4n) is 4.37. The molecule has 33 heavy (non-hydrogen) atoms. The van der Waals surface area contributed by atoms with Crippen LogP contribution in [0, 0.1) is 6.92 Å². The number of amides is 1. The van der Waals surface area contributed by atoms with Gasteiger partial charge in [-0.05, 0) is 30.7 Å². The van der Waals surface area contributed by atoms with Gasteiger partial charge in [0, 0.05) is 62.6 Å². The van der Waals surface area contributed by atoms with Crippen LogP contribution in [0.3, 0.4) is 0 Å². The molecule has 8 heteroatoms. The molecule has 1 aliphatic heterocycles. The fourth-order valence-corrected chi connectivity index (χ4v) is 4.37. The second-order valence-electron chi connectivity index (χ2n) is 8.33. The molecular weight excluding hydrogens is 414 g/mol. The lowest BCUT2D eigenvalue weighted by atomic mass is 10.1. The molecule has 5 rings (SSSR count). The van der Waals surface area contributed by atoms with Crippen LogP contribution in [0.25, 0.3) is 10.9 Å². The summed E-state index contributed by atoms with van der Waals surface area (Å²) in [6.07, 6.45) is 4.23. The number of aromatic nitrogens is 4. The molecule has 1 fully saturated rings. The first kappa shape index (κ1) is 20.9. The molecule has 1 N–H and O–H groups in total. The Labute approximate surface area is 192 Å². The minimum Gasteiger partial charge on any atom is -0.353 e. The summed E-state index contributed by atoms with van der Waals surface area (Å²) in [6, 6.07) is 15.9. The van der Waals surface area contributed by atoms with Crippen molar-refractivity contribution in [3.63, 3.8) is 0 Å². The quantitative estimate of drug-likeness (QED) is 0.512. The Bertz CT molecular complexity index is 1280. The van der Waals surface area contributed by atoms with Crippen LogP contribution in [-0.2, 0) is 18.3 Å². The first-order chi connectivity index (χ1) is 16.1. The van der Waals surface area contributed by atoms with E-state index in [4.69, 9.17) is 0 Å². The number of nitrogens with zero attached hydrogens (tertiary/aromatic N) is 6. The number of para-hydroxylation sites is 1. The van der Waals surface area contributed by atoms with Gasteiger partial charge in [0.15, 0.2) is 0 Å². The zero-order valence-electron chi connectivity index (χ0n) is 18.9. The maximum atomic E-state index is 13.0. The zero-order chi connectivity index (χ0) is 22.8. The van der Waals surface area contributed by atoms with Gasteiger partial charge < -0.3 is 19.7 Å². The van der Waals surface area contributed by atoms with Gasteiger partial charge in [0.1, 0.15) is 23.3 Å². The molecule has 1 saturated heterocycles. The molecule has 0 saturated carbocycles. The van der Waals surface area contributed by atoms with Crippen molar-refractivity contribution in [3.05, 3.63) is 72.3 Å². The van der Waals surface area contributed by atoms with Crippen molar-refractivity contribution < 1.29 is 4.79 Å². The number of aryl methyl sites for hydroxylation is 2. The highest BCUT2D eigenvalue weighted by molar-refractivity contribution is 5.89. The lowest BCUT2D eigenvalue weighted by molar-refractivity contribution is -0.130. The van der Waals surface area contributed by atoms with E-state index in [1.54, 1.807) is 6.20 Å². The van der Waals surface area contributed by atoms with Crippen molar-refractivity contribution in [1.82, 2.24) is 24.4 Å². The van der Waals surface area contributed by atoms with E-state index in [0.29, 0.717) is 31.2 Å². The van der Waals surface area contributed by atoms with Crippen LogP contribution in [0.4, 0.5) is 17.5 Å². The number of hydrogen-bond donors (Lipinski definition) is 1. The second-order valence-corrected chi connectivity index (χ2v) is 8.33. The van der Waals surface area contributed by atoms with Crippen LogP contribution in [0.1, 0.15) is 11.4 Å². The molecule has 168 valence electrons. The average Bonchev–Trinajstić information content (AvgIpc) is 3.15. The number of rotatable bonds is 5. The molecule has 0 unspecified atom stereocenters. The minimum atomic E-state index is 0.169. The summed E-state index contributed by atoms with van der Waals surface area (Å²) in [5.74, 6) is 3.18. The van der Waals surface area contributed by atoms with Crippen LogP contribution in [0.15, 0.2) is 60.9 Å². The van der Waals surface area contributed by atoms with Gasteiger partial charge in [-0.1, -0.05) is 24.3 Å². The van der Waals surface area contributed by atoms with Gasteiger partial charge in [0.05, 0.1) is 6.42 Å². The molecule has 4 heterocycles. The maximum Gasteiger partial charge on any atom is 0.227 e. The van der Waals surface area contributed by atoms with Gasteiger partial charge in [-0.25, -0.2) is 15.0 Å². The van der Waals surface area contributed by atoms with Gasteiger partial charge in [-0.3, -0.25) is 4.79 Å². The number of fused-ring (bicyclic) bond motifs is 1. The molecule has 0 spiro atoms. The summed E-state index contributed by atoms with van der Waals surface area (Å²) in [5, 5.41) is 4.39. The van der Waals surface area contributed by atoms with Crippen molar-refractivity contribution in [2.75, 3.05) is 36.4 Å². The van der Waals surface area contributed by atoms with Gasteiger partial charge in [0.25, 0.3) is 0 Å². The van der Waals surface area contributed by atoms with Crippen LogP contribution < -0.4 is 10.2 Å². The van der Waals surface area contributed by atoms with E-state index in [1.165, 1.54) is 0 Å². The van der Waals surface area contributed by atoms with Crippen molar-refractivity contribution in [1.29, 1.82) is 0 Å². The van der Waals surface area contributed by atoms with E-state index in [1.807, 2.05) is 55.3 Å². The summed E-state index contributed by atoms with van der Waals surface area (Å²) < 4.78 is 2.09. The number of pyridine rings is 1. The summed E-state index contributed by atoms with van der Waals surface area (Å²) in [7, 11) is 2.02. The minimum absolute atomic E-state index is 0.169. The molecule has 0 aliphatic carbocycles. The summed E-state index contributed by atoms with van der Waals surface area (Å²) in [5.41, 5.74) is 2.23. The Kier molecular flexibility index (Phi) is 5.64. The van der Waals surface area contributed by atoms with E-state index in [-0.39, 0.29) is 5.91 Å². The lowest BCUT2D eigenvalue weighted by Gasteiger charge is -2.35. The number of anilines is 3. The predicted molar refractivity (Wildman–Crippen MR) is 130 cm³/mol. The van der Waals surface area contributed by atoms with E-state index in [0.717, 1.165) is 41.2 Å². The third kappa shape index (κ3) is 4.50. The zero-order valence-corrected chi connectivity index (χ0v) is 18.9. The highest BCUT2D eigenvalue weighted by Crippen LogP contribution is 2.23. The standard InChI is InChI=1S/C25H27N7O/c1-18-27-23(29-22-9-5-6-10-26-22)16-24(28-18)31-11-13-32(14-12-31)25(33)15-19-17-30(2)21-8-4-3-7-20(19)21/h3-10,16-17H,11-15H2,1-2H3,(H,26,27,28,29). The molecule has 1 aromatic carbocycles. The third-order valence-corrected chi connectivity index (χ3v) is 6.02. The Balaban J connectivity index is 1.24. The van der Waals surface area contributed by atoms with E-state index in [2.05, 4.69) is 48.1 Å². The van der Waals surface area contributed by atoms with E-state index in [9.17, 15) is 4.79 Å². The first-order valence-corrected chi connectivity index (χ1v) is 11.2. The van der Waals surface area contributed by atoms with Crippen molar-refractivity contribution in [3.8, 4) is 0 Å². The monoisotopic (exact) mass is 441 g/mol.